The van der Waals surface area contributed by atoms with E-state index < -0.39 is 0 Å². The van der Waals surface area contributed by atoms with E-state index in [-0.39, 0.29) is 0 Å². The highest BCUT2D eigenvalue weighted by molar-refractivity contribution is 6.32. The van der Waals surface area contributed by atoms with E-state index in [4.69, 9.17) is 17.3 Å². The summed E-state index contributed by atoms with van der Waals surface area (Å²) in [6.45, 7) is 4.58. The van der Waals surface area contributed by atoms with Crippen LogP contribution in [0.1, 0.15) is 39.2 Å². The van der Waals surface area contributed by atoms with Gasteiger partial charge in [0.05, 0.1) is 12.2 Å². The highest BCUT2D eigenvalue weighted by Gasteiger charge is 2.30. The second-order valence-electron chi connectivity index (χ2n) is 4.66. The molecule has 0 amide bonds. The molecule has 3 unspecified atom stereocenters. The average molecular weight is 228 g/mol. The van der Waals surface area contributed by atoms with Crippen molar-refractivity contribution in [2.24, 2.45) is 11.8 Å². The predicted octanol–water partition coefficient (Wildman–Crippen LogP) is 3.12. The number of anilines is 1. The predicted molar refractivity (Wildman–Crippen MR) is 62.9 cm³/mol. The summed E-state index contributed by atoms with van der Waals surface area (Å²) in [6, 6.07) is 0.418. The highest BCUT2D eigenvalue weighted by atomic mass is 35.5. The van der Waals surface area contributed by atoms with E-state index in [1.165, 1.54) is 12.8 Å². The van der Waals surface area contributed by atoms with Crippen molar-refractivity contribution in [2.75, 3.05) is 5.73 Å². The van der Waals surface area contributed by atoms with E-state index in [0.717, 1.165) is 12.3 Å². The van der Waals surface area contributed by atoms with Gasteiger partial charge in [-0.15, -0.1) is 0 Å². The van der Waals surface area contributed by atoms with Crippen molar-refractivity contribution in [2.45, 2.75) is 39.2 Å². The average Bonchev–Trinajstić information content (AvgIpc) is 2.53. The molecule has 1 aliphatic rings. The number of hydrogen-bond acceptors (Lipinski definition) is 2. The van der Waals surface area contributed by atoms with Gasteiger partial charge in [0.2, 0.25) is 0 Å². The van der Waals surface area contributed by atoms with E-state index in [0.29, 0.717) is 22.8 Å². The van der Waals surface area contributed by atoms with Gasteiger partial charge in [0, 0.05) is 0 Å². The van der Waals surface area contributed by atoms with Crippen LogP contribution >= 0.6 is 11.6 Å². The Morgan fingerprint density at radius 1 is 1.47 bits per heavy atom. The molecule has 2 rings (SSSR count). The zero-order valence-corrected chi connectivity index (χ0v) is 10.0. The second kappa shape index (κ2) is 4.05. The molecule has 0 aliphatic heterocycles. The molecule has 1 aromatic rings. The quantitative estimate of drug-likeness (QED) is 0.801. The van der Waals surface area contributed by atoms with Crippen molar-refractivity contribution < 1.29 is 0 Å². The van der Waals surface area contributed by atoms with Crippen LogP contribution in [0, 0.1) is 11.8 Å². The van der Waals surface area contributed by atoms with Crippen LogP contribution in [0.25, 0.3) is 0 Å². The normalized spacial score (nSPS) is 31.8. The second-order valence-corrected chi connectivity index (χ2v) is 5.06. The van der Waals surface area contributed by atoms with E-state index in [1.54, 1.807) is 6.20 Å². The minimum absolute atomic E-state index is 0.418. The molecule has 0 saturated heterocycles. The van der Waals surface area contributed by atoms with Gasteiger partial charge in [-0.25, -0.2) is 4.68 Å². The third-order valence-corrected chi connectivity index (χ3v) is 4.06. The number of aromatic nitrogens is 2. The Hall–Kier alpha value is -0.700. The topological polar surface area (TPSA) is 43.8 Å². The number of nitrogen functional groups attached to an aromatic ring is 1. The van der Waals surface area contributed by atoms with Crippen LogP contribution in [0.3, 0.4) is 0 Å². The molecule has 3 atom stereocenters. The van der Waals surface area contributed by atoms with Crippen LogP contribution < -0.4 is 5.73 Å². The summed E-state index contributed by atoms with van der Waals surface area (Å²) in [4.78, 5) is 0. The SMILES string of the molecule is CC1CCCC(n2ncc(Cl)c2N)C1C. The monoisotopic (exact) mass is 227 g/mol. The molecule has 1 saturated carbocycles. The molecule has 1 aliphatic carbocycles. The van der Waals surface area contributed by atoms with Crippen molar-refractivity contribution in [3.05, 3.63) is 11.2 Å². The maximum absolute atomic E-state index is 5.92. The molecule has 1 heterocycles. The van der Waals surface area contributed by atoms with Crippen molar-refractivity contribution in [1.29, 1.82) is 0 Å². The lowest BCUT2D eigenvalue weighted by molar-refractivity contribution is 0.176. The smallest absolute Gasteiger partial charge is 0.140 e. The molecule has 1 aromatic heterocycles. The van der Waals surface area contributed by atoms with Gasteiger partial charge in [0.15, 0.2) is 0 Å². The molecule has 0 bridgehead atoms. The summed E-state index contributed by atoms with van der Waals surface area (Å²) in [7, 11) is 0. The van der Waals surface area contributed by atoms with Gasteiger partial charge in [0.1, 0.15) is 10.8 Å². The van der Waals surface area contributed by atoms with Crippen LogP contribution in [0.5, 0.6) is 0 Å². The fourth-order valence-corrected chi connectivity index (χ4v) is 2.64. The minimum atomic E-state index is 0.418. The van der Waals surface area contributed by atoms with Crippen LogP contribution in [-0.2, 0) is 0 Å². The zero-order chi connectivity index (χ0) is 11.0. The molecule has 0 radical (unpaired) electrons. The van der Waals surface area contributed by atoms with E-state index in [2.05, 4.69) is 18.9 Å². The molecule has 15 heavy (non-hydrogen) atoms. The van der Waals surface area contributed by atoms with Crippen LogP contribution in [0.15, 0.2) is 6.20 Å². The number of halogens is 1. The first kappa shape index (κ1) is 10.8. The van der Waals surface area contributed by atoms with E-state index in [1.807, 2.05) is 4.68 Å². The summed E-state index contributed by atoms with van der Waals surface area (Å²) in [5, 5.41) is 4.85. The summed E-state index contributed by atoms with van der Waals surface area (Å²) in [5.74, 6) is 1.98. The van der Waals surface area contributed by atoms with Crippen molar-refractivity contribution in [3.8, 4) is 0 Å². The Labute approximate surface area is 95.6 Å². The molecule has 0 aromatic carbocycles. The number of hydrogen-bond donors (Lipinski definition) is 1. The van der Waals surface area contributed by atoms with E-state index in [9.17, 15) is 0 Å². The zero-order valence-electron chi connectivity index (χ0n) is 9.28. The van der Waals surface area contributed by atoms with Gasteiger partial charge in [-0.3, -0.25) is 0 Å². The third-order valence-electron chi connectivity index (χ3n) is 3.76. The first-order chi connectivity index (χ1) is 7.11. The standard InChI is InChI=1S/C11H18ClN3/c1-7-4-3-5-10(8(7)2)15-11(13)9(12)6-14-15/h6-8,10H,3-5,13H2,1-2H3. The molecule has 2 N–H and O–H groups in total. The molecule has 1 fully saturated rings. The molecule has 84 valence electrons. The first-order valence-electron chi connectivity index (χ1n) is 5.59. The van der Waals surface area contributed by atoms with Crippen molar-refractivity contribution >= 4 is 17.4 Å². The molecular formula is C11H18ClN3. The van der Waals surface area contributed by atoms with Gasteiger partial charge in [-0.2, -0.15) is 5.10 Å². The fraction of sp³-hybridized carbons (Fsp3) is 0.727. The Kier molecular flexibility index (Phi) is 2.91. The van der Waals surface area contributed by atoms with Crippen molar-refractivity contribution in [3.63, 3.8) is 0 Å². The van der Waals surface area contributed by atoms with Crippen LogP contribution in [0.2, 0.25) is 5.02 Å². The largest absolute Gasteiger partial charge is 0.383 e. The Bertz CT molecular complexity index is 348. The summed E-state index contributed by atoms with van der Waals surface area (Å²) in [6.07, 6.45) is 5.37. The van der Waals surface area contributed by atoms with Crippen molar-refractivity contribution in [1.82, 2.24) is 9.78 Å². The lowest BCUT2D eigenvalue weighted by atomic mass is 9.78. The van der Waals surface area contributed by atoms with Gasteiger partial charge < -0.3 is 5.73 Å². The maximum Gasteiger partial charge on any atom is 0.140 e. The molecule has 3 nitrogen and oxygen atoms in total. The molecular weight excluding hydrogens is 210 g/mol. The summed E-state index contributed by atoms with van der Waals surface area (Å²) in [5.41, 5.74) is 5.91. The lowest BCUT2D eigenvalue weighted by Crippen LogP contribution is -2.28. The first-order valence-corrected chi connectivity index (χ1v) is 5.97. The van der Waals surface area contributed by atoms with Gasteiger partial charge in [0.25, 0.3) is 0 Å². The maximum atomic E-state index is 5.92. The number of nitrogens with two attached hydrogens (primary N) is 1. The van der Waals surface area contributed by atoms with Crippen LogP contribution in [-0.4, -0.2) is 9.78 Å². The fourth-order valence-electron chi connectivity index (χ4n) is 2.51. The van der Waals surface area contributed by atoms with Gasteiger partial charge in [-0.1, -0.05) is 38.3 Å². The Balaban J connectivity index is 2.26. The minimum Gasteiger partial charge on any atom is -0.383 e. The summed E-state index contributed by atoms with van der Waals surface area (Å²) < 4.78 is 1.91. The summed E-state index contributed by atoms with van der Waals surface area (Å²) >= 11 is 5.92. The number of rotatable bonds is 1. The number of nitrogens with zero attached hydrogens (tertiary/aromatic N) is 2. The third kappa shape index (κ3) is 1.85. The lowest BCUT2D eigenvalue weighted by Gasteiger charge is -2.34. The van der Waals surface area contributed by atoms with Gasteiger partial charge >= 0.3 is 0 Å². The Morgan fingerprint density at radius 2 is 2.20 bits per heavy atom. The highest BCUT2D eigenvalue weighted by Crippen LogP contribution is 2.39. The van der Waals surface area contributed by atoms with Gasteiger partial charge in [-0.05, 0) is 18.3 Å². The molecule has 0 spiro atoms. The van der Waals surface area contributed by atoms with E-state index >= 15 is 0 Å². The Morgan fingerprint density at radius 3 is 2.80 bits per heavy atom. The van der Waals surface area contributed by atoms with Crippen LogP contribution in [0.4, 0.5) is 5.82 Å². The molecule has 4 heteroatoms.